The van der Waals surface area contributed by atoms with Crippen molar-refractivity contribution in [1.82, 2.24) is 9.97 Å². The van der Waals surface area contributed by atoms with Gasteiger partial charge in [-0.15, -0.1) is 0 Å². The number of rotatable bonds is 2. The van der Waals surface area contributed by atoms with E-state index in [0.29, 0.717) is 0 Å². The molecule has 24 heavy (non-hydrogen) atoms. The molecule has 0 radical (unpaired) electrons. The van der Waals surface area contributed by atoms with Gasteiger partial charge in [0.25, 0.3) is 0 Å². The molecule has 2 heteroatoms. The average molecular weight is 310 g/mol. The smallest absolute Gasteiger partial charge is 0.115 e. The fourth-order valence-electron chi connectivity index (χ4n) is 2.48. The number of benzene rings is 3. The van der Waals surface area contributed by atoms with Gasteiger partial charge in [-0.1, -0.05) is 84.9 Å². The number of hydrogen-bond donors (Lipinski definition) is 0. The van der Waals surface area contributed by atoms with Gasteiger partial charge in [0, 0.05) is 12.4 Å². The molecule has 116 valence electrons. The molecule has 1 aromatic heterocycles. The van der Waals surface area contributed by atoms with Crippen LogP contribution in [0.25, 0.3) is 22.3 Å². The van der Waals surface area contributed by atoms with Gasteiger partial charge in [-0.05, 0) is 28.3 Å². The maximum atomic E-state index is 3.67. The molecule has 0 spiro atoms. The van der Waals surface area contributed by atoms with Gasteiger partial charge >= 0.3 is 0 Å². The Bertz CT molecular complexity index is 759. The van der Waals surface area contributed by atoms with Crippen LogP contribution in [-0.4, -0.2) is 9.97 Å². The van der Waals surface area contributed by atoms with Crippen molar-refractivity contribution in [3.05, 3.63) is 110 Å². The summed E-state index contributed by atoms with van der Waals surface area (Å²) in [5, 5.41) is 0. The monoisotopic (exact) mass is 310 g/mol. The van der Waals surface area contributed by atoms with E-state index < -0.39 is 0 Å². The molecule has 0 atom stereocenters. The molecule has 0 bridgehead atoms. The molecule has 0 fully saturated rings. The summed E-state index contributed by atoms with van der Waals surface area (Å²) in [5.74, 6) is 0. The van der Waals surface area contributed by atoms with Crippen LogP contribution in [0.4, 0.5) is 0 Å². The molecular formula is C22H18N2. The zero-order valence-corrected chi connectivity index (χ0v) is 13.3. The van der Waals surface area contributed by atoms with Gasteiger partial charge in [0.15, 0.2) is 0 Å². The Morgan fingerprint density at radius 2 is 0.833 bits per heavy atom. The van der Waals surface area contributed by atoms with Crippen LogP contribution in [0.15, 0.2) is 110 Å². The first-order valence-corrected chi connectivity index (χ1v) is 7.85. The first kappa shape index (κ1) is 15.6. The Labute approximate surface area is 142 Å². The van der Waals surface area contributed by atoms with Gasteiger partial charge in [-0.3, -0.25) is 0 Å². The molecule has 1 heterocycles. The first-order chi connectivity index (χ1) is 11.9. The predicted octanol–water partition coefficient (Wildman–Crippen LogP) is 5.50. The lowest BCUT2D eigenvalue weighted by Gasteiger charge is -2.09. The fourth-order valence-corrected chi connectivity index (χ4v) is 2.48. The van der Waals surface area contributed by atoms with E-state index in [-0.39, 0.29) is 0 Å². The second-order valence-electron chi connectivity index (χ2n) is 5.18. The first-order valence-electron chi connectivity index (χ1n) is 7.85. The highest BCUT2D eigenvalue weighted by Crippen LogP contribution is 2.31. The third-order valence-corrected chi connectivity index (χ3v) is 3.57. The van der Waals surface area contributed by atoms with Crippen molar-refractivity contribution >= 4 is 0 Å². The van der Waals surface area contributed by atoms with Crippen LogP contribution in [-0.2, 0) is 0 Å². The predicted molar refractivity (Wildman–Crippen MR) is 99.3 cm³/mol. The molecule has 3 aromatic carbocycles. The molecular weight excluding hydrogens is 292 g/mol. The Kier molecular flexibility index (Phi) is 5.47. The van der Waals surface area contributed by atoms with E-state index in [1.54, 1.807) is 18.5 Å². The summed E-state index contributed by atoms with van der Waals surface area (Å²) < 4.78 is 0. The molecule has 0 saturated carbocycles. The largest absolute Gasteiger partial charge is 0.245 e. The highest BCUT2D eigenvalue weighted by Gasteiger charge is 2.05. The van der Waals surface area contributed by atoms with E-state index >= 15 is 0 Å². The summed E-state index contributed by atoms with van der Waals surface area (Å²) in [6.45, 7) is 0. The molecule has 0 aliphatic carbocycles. The number of nitrogens with zero attached hydrogens (tertiary/aromatic N) is 2. The van der Waals surface area contributed by atoms with E-state index in [1.165, 1.54) is 28.6 Å². The summed E-state index contributed by atoms with van der Waals surface area (Å²) in [6.07, 6.45) is 4.88. The van der Waals surface area contributed by atoms with Crippen molar-refractivity contribution in [2.45, 2.75) is 0 Å². The van der Waals surface area contributed by atoms with E-state index in [9.17, 15) is 0 Å². The third-order valence-electron chi connectivity index (χ3n) is 3.57. The van der Waals surface area contributed by atoms with Gasteiger partial charge in [0.1, 0.15) is 6.33 Å². The maximum absolute atomic E-state index is 3.67. The molecule has 4 rings (SSSR count). The normalized spacial score (nSPS) is 9.67. The molecule has 0 aliphatic rings. The summed E-state index contributed by atoms with van der Waals surface area (Å²) in [6, 6.07) is 31.4. The summed E-state index contributed by atoms with van der Waals surface area (Å²) in [5.41, 5.74) is 5.09. The number of hydrogen-bond acceptors (Lipinski definition) is 2. The summed E-state index contributed by atoms with van der Waals surface area (Å²) in [7, 11) is 0. The quantitative estimate of drug-likeness (QED) is 0.489. The Hall–Kier alpha value is -3.26. The van der Waals surface area contributed by atoms with Crippen molar-refractivity contribution in [3.8, 4) is 22.3 Å². The summed E-state index contributed by atoms with van der Waals surface area (Å²) >= 11 is 0. The Morgan fingerprint density at radius 1 is 0.417 bits per heavy atom. The zero-order chi connectivity index (χ0) is 16.5. The molecule has 0 N–H and O–H groups in total. The van der Waals surface area contributed by atoms with Crippen LogP contribution in [0, 0.1) is 0 Å². The van der Waals surface area contributed by atoms with Gasteiger partial charge in [0.2, 0.25) is 0 Å². The SMILES string of the molecule is c1ccc(-c2ccccc2-c2ccccc2)cc1.c1cncnc1. The van der Waals surface area contributed by atoms with Crippen LogP contribution in [0.2, 0.25) is 0 Å². The van der Waals surface area contributed by atoms with Crippen molar-refractivity contribution in [1.29, 1.82) is 0 Å². The van der Waals surface area contributed by atoms with Crippen molar-refractivity contribution in [3.63, 3.8) is 0 Å². The van der Waals surface area contributed by atoms with Gasteiger partial charge < -0.3 is 0 Å². The molecule has 0 amide bonds. The minimum atomic E-state index is 1.26. The molecule has 0 aliphatic heterocycles. The third kappa shape index (κ3) is 4.14. The van der Waals surface area contributed by atoms with Crippen molar-refractivity contribution in [2.75, 3.05) is 0 Å². The topological polar surface area (TPSA) is 25.8 Å². The van der Waals surface area contributed by atoms with Crippen LogP contribution in [0.1, 0.15) is 0 Å². The minimum absolute atomic E-state index is 1.26. The van der Waals surface area contributed by atoms with E-state index in [2.05, 4.69) is 94.9 Å². The lowest BCUT2D eigenvalue weighted by Crippen LogP contribution is -1.83. The van der Waals surface area contributed by atoms with Crippen LogP contribution < -0.4 is 0 Å². The Morgan fingerprint density at radius 3 is 1.17 bits per heavy atom. The fraction of sp³-hybridized carbons (Fsp3) is 0. The van der Waals surface area contributed by atoms with Crippen molar-refractivity contribution in [2.24, 2.45) is 0 Å². The lowest BCUT2D eigenvalue weighted by molar-refractivity contribution is 1.17. The van der Waals surface area contributed by atoms with Gasteiger partial charge in [0.05, 0.1) is 0 Å². The standard InChI is InChI=1S/C18H14.C4H4N2/c1-3-9-15(10-4-1)17-13-7-8-14-18(17)16-11-5-2-6-12-16;1-2-5-4-6-3-1/h1-14H;1-4H. The van der Waals surface area contributed by atoms with Gasteiger partial charge in [-0.2, -0.15) is 0 Å². The lowest BCUT2D eigenvalue weighted by atomic mass is 9.95. The summed E-state index contributed by atoms with van der Waals surface area (Å²) in [4.78, 5) is 7.35. The second kappa shape index (κ2) is 8.39. The van der Waals surface area contributed by atoms with E-state index in [4.69, 9.17) is 0 Å². The van der Waals surface area contributed by atoms with Crippen LogP contribution >= 0.6 is 0 Å². The highest BCUT2D eigenvalue weighted by molar-refractivity contribution is 5.83. The highest BCUT2D eigenvalue weighted by atomic mass is 14.8. The van der Waals surface area contributed by atoms with E-state index in [0.717, 1.165) is 0 Å². The second-order valence-corrected chi connectivity index (χ2v) is 5.18. The molecule has 4 aromatic rings. The molecule has 2 nitrogen and oxygen atoms in total. The van der Waals surface area contributed by atoms with Crippen LogP contribution in [0.5, 0.6) is 0 Å². The molecule has 0 unspecified atom stereocenters. The number of aromatic nitrogens is 2. The molecule has 0 saturated heterocycles. The van der Waals surface area contributed by atoms with Gasteiger partial charge in [-0.25, -0.2) is 9.97 Å². The van der Waals surface area contributed by atoms with Crippen molar-refractivity contribution < 1.29 is 0 Å². The minimum Gasteiger partial charge on any atom is -0.245 e. The maximum Gasteiger partial charge on any atom is 0.115 e. The van der Waals surface area contributed by atoms with E-state index in [1.807, 2.05) is 0 Å². The Balaban J connectivity index is 0.000000238. The van der Waals surface area contributed by atoms with Crippen LogP contribution in [0.3, 0.4) is 0 Å². The zero-order valence-electron chi connectivity index (χ0n) is 13.3. The average Bonchev–Trinajstić information content (AvgIpc) is 2.71.